The topological polar surface area (TPSA) is 114 Å². The number of anilines is 2. The van der Waals surface area contributed by atoms with E-state index in [4.69, 9.17) is 11.6 Å². The van der Waals surface area contributed by atoms with E-state index in [1.807, 2.05) is 20.8 Å². The third-order valence-electron chi connectivity index (χ3n) is 7.42. The lowest BCUT2D eigenvalue weighted by Crippen LogP contribution is -2.47. The number of hydrogen-bond donors (Lipinski definition) is 2. The van der Waals surface area contributed by atoms with Crippen molar-refractivity contribution in [2.24, 2.45) is 21.3 Å². The maximum atomic E-state index is 13.6. The summed E-state index contributed by atoms with van der Waals surface area (Å²) in [5.74, 6) is -0.663. The monoisotopic (exact) mass is 454 g/mol. The van der Waals surface area contributed by atoms with E-state index in [0.29, 0.717) is 35.0 Å². The fourth-order valence-electron chi connectivity index (χ4n) is 5.05. The summed E-state index contributed by atoms with van der Waals surface area (Å²) >= 11 is 6.04. The first-order chi connectivity index (χ1) is 15.0. The highest BCUT2D eigenvalue weighted by Gasteiger charge is 2.76. The van der Waals surface area contributed by atoms with E-state index >= 15 is 0 Å². The van der Waals surface area contributed by atoms with Crippen molar-refractivity contribution in [3.05, 3.63) is 63.7 Å². The van der Waals surface area contributed by atoms with Crippen LogP contribution < -0.4 is 10.7 Å². The molecular weight excluding hydrogens is 432 g/mol. The molecule has 2 unspecified atom stereocenters. The third kappa shape index (κ3) is 3.01. The lowest BCUT2D eigenvalue weighted by molar-refractivity contribution is -0.384. The van der Waals surface area contributed by atoms with Crippen LogP contribution in [0.15, 0.2) is 53.6 Å². The van der Waals surface area contributed by atoms with Crippen LogP contribution in [0.1, 0.15) is 33.6 Å². The highest BCUT2D eigenvalue weighted by atomic mass is 35.5. The van der Waals surface area contributed by atoms with Gasteiger partial charge in [-0.15, -0.1) is 0 Å². The quantitative estimate of drug-likeness (QED) is 0.372. The molecule has 2 aromatic rings. The van der Waals surface area contributed by atoms with Crippen LogP contribution in [0.25, 0.3) is 0 Å². The molecule has 2 aliphatic carbocycles. The average Bonchev–Trinajstić information content (AvgIpc) is 3.02. The van der Waals surface area contributed by atoms with Gasteiger partial charge in [0.25, 0.3) is 5.69 Å². The number of hydrazone groups is 1. The van der Waals surface area contributed by atoms with E-state index in [-0.39, 0.29) is 17.4 Å². The fraction of sp³-hybridized carbons (Fsp3) is 0.348. The Morgan fingerprint density at radius 1 is 1.09 bits per heavy atom. The molecule has 2 atom stereocenters. The number of nitrogens with zero attached hydrogens (tertiary/aromatic N) is 2. The van der Waals surface area contributed by atoms with Crippen LogP contribution in [0, 0.1) is 26.4 Å². The van der Waals surface area contributed by atoms with Crippen molar-refractivity contribution in [1.82, 2.24) is 0 Å². The van der Waals surface area contributed by atoms with E-state index in [2.05, 4.69) is 15.8 Å². The largest absolute Gasteiger partial charge is 0.325 e. The maximum absolute atomic E-state index is 13.6. The van der Waals surface area contributed by atoms with Crippen LogP contribution in [0.2, 0.25) is 5.02 Å². The number of nitrogens with one attached hydrogen (secondary N) is 2. The number of hydrogen-bond acceptors (Lipinski definition) is 6. The second-order valence-electron chi connectivity index (χ2n) is 9.03. The summed E-state index contributed by atoms with van der Waals surface area (Å²) in [6, 6.07) is 12.6. The molecule has 166 valence electrons. The minimum absolute atomic E-state index is 0.0380. The number of carbonyl (C=O) groups excluding carboxylic acids is 2. The smallest absolute Gasteiger partial charge is 0.269 e. The zero-order chi connectivity index (χ0) is 23.3. The van der Waals surface area contributed by atoms with E-state index in [0.717, 1.165) is 0 Å². The predicted octanol–water partition coefficient (Wildman–Crippen LogP) is 5.05. The number of benzene rings is 2. The van der Waals surface area contributed by atoms with Gasteiger partial charge >= 0.3 is 0 Å². The van der Waals surface area contributed by atoms with Gasteiger partial charge in [0, 0.05) is 28.3 Å². The Morgan fingerprint density at radius 2 is 1.78 bits per heavy atom. The number of ketones is 1. The van der Waals surface area contributed by atoms with Crippen molar-refractivity contribution in [3.8, 4) is 0 Å². The van der Waals surface area contributed by atoms with Gasteiger partial charge in [-0.1, -0.05) is 38.4 Å². The summed E-state index contributed by atoms with van der Waals surface area (Å²) < 4.78 is 0. The molecule has 2 fully saturated rings. The molecule has 2 aromatic carbocycles. The molecular formula is C23H23ClN4O4. The average molecular weight is 455 g/mol. The summed E-state index contributed by atoms with van der Waals surface area (Å²) in [6.45, 7) is 5.83. The number of Topliss-reactive ketones (excluding diaryl/α,β-unsaturated/α-hetero) is 1. The first-order valence-corrected chi connectivity index (χ1v) is 10.6. The molecule has 0 radical (unpaired) electrons. The van der Waals surface area contributed by atoms with Crippen molar-refractivity contribution in [2.45, 2.75) is 33.6 Å². The Hall–Kier alpha value is -3.26. The van der Waals surface area contributed by atoms with Crippen LogP contribution in [-0.4, -0.2) is 22.3 Å². The Balaban J connectivity index is 1.65. The second kappa shape index (κ2) is 7.41. The van der Waals surface area contributed by atoms with Gasteiger partial charge in [-0.05, 0) is 48.6 Å². The zero-order valence-corrected chi connectivity index (χ0v) is 18.7. The molecule has 0 aromatic heterocycles. The Morgan fingerprint density at radius 3 is 2.41 bits per heavy atom. The molecule has 9 heteroatoms. The molecule has 32 heavy (non-hydrogen) atoms. The summed E-state index contributed by atoms with van der Waals surface area (Å²) in [7, 11) is 0. The first-order valence-electron chi connectivity index (χ1n) is 10.2. The van der Waals surface area contributed by atoms with Gasteiger partial charge < -0.3 is 5.32 Å². The van der Waals surface area contributed by atoms with Gasteiger partial charge in [0.1, 0.15) is 11.1 Å². The summed E-state index contributed by atoms with van der Waals surface area (Å²) in [5, 5.41) is 18.6. The van der Waals surface area contributed by atoms with Crippen molar-refractivity contribution in [2.75, 3.05) is 10.7 Å². The number of nitro benzene ring substituents is 1. The molecule has 1 amide bonds. The molecule has 0 spiro atoms. The van der Waals surface area contributed by atoms with Gasteiger partial charge in [0.05, 0.1) is 10.6 Å². The number of carbonyl (C=O) groups is 2. The Kier molecular flexibility index (Phi) is 5.08. The van der Waals surface area contributed by atoms with Crippen LogP contribution in [0.4, 0.5) is 17.1 Å². The van der Waals surface area contributed by atoms with Gasteiger partial charge in [0.2, 0.25) is 5.91 Å². The second-order valence-corrected chi connectivity index (χ2v) is 9.47. The standard InChI is InChI=1S/C23H23ClN4O4/c1-21(2)22(3)11-12-23(21,20(30)25-16-6-4-5-14(24)13-16)19(29)18(22)27-26-15-7-9-17(10-8-15)28(31)32/h4-10,13,26H,11-12H2,1-3H3,(H,25,30)/b27-18+. The van der Waals surface area contributed by atoms with E-state index in [9.17, 15) is 19.7 Å². The van der Waals surface area contributed by atoms with Gasteiger partial charge in [0.15, 0.2) is 5.78 Å². The molecule has 2 bridgehead atoms. The Labute approximate surface area is 190 Å². The fourth-order valence-corrected chi connectivity index (χ4v) is 5.25. The molecule has 4 rings (SSSR count). The molecule has 2 aliphatic rings. The highest BCUT2D eigenvalue weighted by molar-refractivity contribution is 6.51. The van der Waals surface area contributed by atoms with Crippen molar-refractivity contribution < 1.29 is 14.5 Å². The van der Waals surface area contributed by atoms with Crippen LogP contribution in [0.3, 0.4) is 0 Å². The summed E-state index contributed by atoms with van der Waals surface area (Å²) in [6.07, 6.45) is 1.06. The summed E-state index contributed by atoms with van der Waals surface area (Å²) in [4.78, 5) is 37.5. The number of amides is 1. The predicted molar refractivity (Wildman–Crippen MR) is 123 cm³/mol. The normalized spacial score (nSPS) is 26.9. The lowest BCUT2D eigenvalue weighted by atomic mass is 9.64. The molecule has 2 saturated carbocycles. The van der Waals surface area contributed by atoms with Crippen LogP contribution in [-0.2, 0) is 9.59 Å². The Bertz CT molecular complexity index is 1160. The molecule has 2 N–H and O–H groups in total. The third-order valence-corrected chi connectivity index (χ3v) is 7.65. The summed E-state index contributed by atoms with van der Waals surface area (Å²) in [5.41, 5.74) is 1.63. The lowest BCUT2D eigenvalue weighted by Gasteiger charge is -2.37. The van der Waals surface area contributed by atoms with Gasteiger partial charge in [-0.2, -0.15) is 5.10 Å². The van der Waals surface area contributed by atoms with Crippen molar-refractivity contribution in [1.29, 1.82) is 0 Å². The number of rotatable bonds is 5. The highest BCUT2D eigenvalue weighted by Crippen LogP contribution is 2.69. The SMILES string of the molecule is CC12CCC(C(=O)Nc3cccc(Cl)c3)(C(=O)/C1=N\Nc1ccc([N+](=O)[O-])cc1)C2(C)C. The molecule has 0 saturated heterocycles. The van der Waals surface area contributed by atoms with E-state index in [1.165, 1.54) is 24.3 Å². The van der Waals surface area contributed by atoms with Crippen molar-refractivity contribution in [3.63, 3.8) is 0 Å². The minimum atomic E-state index is -1.25. The molecule has 0 aliphatic heterocycles. The first kappa shape index (κ1) is 22.0. The van der Waals surface area contributed by atoms with Crippen molar-refractivity contribution >= 4 is 46.1 Å². The number of non-ortho nitro benzene ring substituents is 1. The van der Waals surface area contributed by atoms with E-state index in [1.54, 1.807) is 24.3 Å². The molecule has 0 heterocycles. The minimum Gasteiger partial charge on any atom is -0.325 e. The van der Waals surface area contributed by atoms with Crippen LogP contribution >= 0.6 is 11.6 Å². The van der Waals surface area contributed by atoms with E-state index < -0.39 is 21.2 Å². The van der Waals surface area contributed by atoms with Crippen LogP contribution in [0.5, 0.6) is 0 Å². The van der Waals surface area contributed by atoms with Gasteiger partial charge in [-0.3, -0.25) is 25.1 Å². The van der Waals surface area contributed by atoms with Gasteiger partial charge in [-0.25, -0.2) is 0 Å². The zero-order valence-electron chi connectivity index (χ0n) is 17.9. The number of nitro groups is 1. The maximum Gasteiger partial charge on any atom is 0.269 e. The molecule has 8 nitrogen and oxygen atoms in total. The number of halogens is 1. The number of fused-ring (bicyclic) bond motifs is 2.